The molecule has 0 radical (unpaired) electrons. The van der Waals surface area contributed by atoms with Crippen molar-refractivity contribution < 1.29 is 13.9 Å². The number of nitrogens with one attached hydrogen (secondary N) is 1. The molecule has 2 aromatic carbocycles. The van der Waals surface area contributed by atoms with Crippen molar-refractivity contribution in [1.29, 1.82) is 0 Å². The van der Waals surface area contributed by atoms with Gasteiger partial charge in [-0.05, 0) is 48.4 Å². The Hall–Kier alpha value is -2.69. The van der Waals surface area contributed by atoms with Crippen LogP contribution in [0.1, 0.15) is 42.1 Å². The van der Waals surface area contributed by atoms with Gasteiger partial charge in [-0.1, -0.05) is 31.9 Å². The third-order valence-corrected chi connectivity index (χ3v) is 3.39. The molecular weight excluding hydrogens is 307 g/mol. The second-order valence-corrected chi connectivity index (χ2v) is 5.30. The fourth-order valence-corrected chi connectivity index (χ4v) is 2.06. The van der Waals surface area contributed by atoms with Crippen LogP contribution in [0.3, 0.4) is 0 Å². The van der Waals surface area contributed by atoms with Crippen molar-refractivity contribution in [2.75, 3.05) is 6.61 Å². The lowest BCUT2D eigenvalue weighted by atomic mass is 10.2. The van der Waals surface area contributed by atoms with Crippen molar-refractivity contribution >= 4 is 12.1 Å². The van der Waals surface area contributed by atoms with Crippen molar-refractivity contribution in [3.63, 3.8) is 0 Å². The molecule has 126 valence electrons. The van der Waals surface area contributed by atoms with E-state index in [9.17, 15) is 9.18 Å². The number of nitrogens with zero attached hydrogens (tertiary/aromatic N) is 1. The van der Waals surface area contributed by atoms with E-state index in [1.165, 1.54) is 24.4 Å². The number of halogens is 1. The van der Waals surface area contributed by atoms with Crippen molar-refractivity contribution in [2.24, 2.45) is 5.10 Å². The first kappa shape index (κ1) is 17.7. The minimum Gasteiger partial charge on any atom is -0.494 e. The standard InChI is InChI=1S/C19H21FN2O2/c1-2-3-6-13-24-16-11-9-15(10-12-16)14-21-22-19(23)17-7-4-5-8-18(17)20/h4-5,7-12,14H,2-3,6,13H2,1H3,(H,22,23)/b21-14+. The molecule has 0 fully saturated rings. The quantitative estimate of drug-likeness (QED) is 0.449. The van der Waals surface area contributed by atoms with Crippen molar-refractivity contribution in [3.8, 4) is 5.75 Å². The minimum absolute atomic E-state index is 0.0366. The van der Waals surface area contributed by atoms with Crippen LogP contribution in [0.25, 0.3) is 0 Å². The summed E-state index contributed by atoms with van der Waals surface area (Å²) >= 11 is 0. The van der Waals surface area contributed by atoms with Gasteiger partial charge in [-0.15, -0.1) is 0 Å². The lowest BCUT2D eigenvalue weighted by molar-refractivity contribution is 0.0951. The predicted molar refractivity (Wildman–Crippen MR) is 92.9 cm³/mol. The van der Waals surface area contributed by atoms with Gasteiger partial charge in [0.25, 0.3) is 5.91 Å². The summed E-state index contributed by atoms with van der Waals surface area (Å²) in [6, 6.07) is 13.2. The maximum Gasteiger partial charge on any atom is 0.274 e. The van der Waals surface area contributed by atoms with Gasteiger partial charge in [0.2, 0.25) is 0 Å². The second-order valence-electron chi connectivity index (χ2n) is 5.30. The molecule has 1 N–H and O–H groups in total. The summed E-state index contributed by atoms with van der Waals surface area (Å²) in [5.41, 5.74) is 3.08. The summed E-state index contributed by atoms with van der Waals surface area (Å²) in [5, 5.41) is 3.84. The molecular formula is C19H21FN2O2. The predicted octanol–water partition coefficient (Wildman–Crippen LogP) is 4.16. The lowest BCUT2D eigenvalue weighted by Crippen LogP contribution is -2.18. The van der Waals surface area contributed by atoms with Gasteiger partial charge in [-0.25, -0.2) is 9.82 Å². The van der Waals surface area contributed by atoms with E-state index in [4.69, 9.17) is 4.74 Å². The summed E-state index contributed by atoms with van der Waals surface area (Å²) in [6.07, 6.45) is 4.87. The highest BCUT2D eigenvalue weighted by Crippen LogP contribution is 2.12. The monoisotopic (exact) mass is 328 g/mol. The van der Waals surface area contributed by atoms with Crippen LogP contribution >= 0.6 is 0 Å². The Bertz CT molecular complexity index is 684. The molecule has 0 saturated heterocycles. The molecule has 0 spiro atoms. The van der Waals surface area contributed by atoms with E-state index >= 15 is 0 Å². The van der Waals surface area contributed by atoms with Crippen LogP contribution < -0.4 is 10.2 Å². The zero-order valence-corrected chi connectivity index (χ0v) is 13.7. The number of ether oxygens (including phenoxy) is 1. The molecule has 0 aromatic heterocycles. The largest absolute Gasteiger partial charge is 0.494 e. The Morgan fingerprint density at radius 2 is 1.92 bits per heavy atom. The van der Waals surface area contributed by atoms with E-state index in [-0.39, 0.29) is 5.56 Å². The lowest BCUT2D eigenvalue weighted by Gasteiger charge is -2.05. The molecule has 0 heterocycles. The smallest absolute Gasteiger partial charge is 0.274 e. The van der Waals surface area contributed by atoms with Crippen LogP contribution in [0.5, 0.6) is 5.75 Å². The van der Waals surface area contributed by atoms with Crippen LogP contribution in [0.4, 0.5) is 4.39 Å². The van der Waals surface area contributed by atoms with Crippen molar-refractivity contribution in [3.05, 3.63) is 65.5 Å². The molecule has 0 unspecified atom stereocenters. The molecule has 0 atom stereocenters. The van der Waals surface area contributed by atoms with Crippen LogP contribution in [0.2, 0.25) is 0 Å². The van der Waals surface area contributed by atoms with Gasteiger partial charge in [0.1, 0.15) is 11.6 Å². The molecule has 0 aliphatic heterocycles. The molecule has 1 amide bonds. The molecule has 2 rings (SSSR count). The van der Waals surface area contributed by atoms with E-state index in [1.54, 1.807) is 6.07 Å². The average Bonchev–Trinajstić information content (AvgIpc) is 2.60. The Labute approximate surface area is 141 Å². The average molecular weight is 328 g/mol. The summed E-state index contributed by atoms with van der Waals surface area (Å²) in [5.74, 6) is -0.353. The van der Waals surface area contributed by atoms with Gasteiger partial charge in [-0.2, -0.15) is 5.10 Å². The number of rotatable bonds is 8. The fourth-order valence-electron chi connectivity index (χ4n) is 2.06. The number of hydrogen-bond donors (Lipinski definition) is 1. The third-order valence-electron chi connectivity index (χ3n) is 3.39. The maximum atomic E-state index is 13.5. The molecule has 2 aromatic rings. The maximum absolute atomic E-state index is 13.5. The summed E-state index contributed by atoms with van der Waals surface area (Å²) in [4.78, 5) is 11.8. The SMILES string of the molecule is CCCCCOc1ccc(/C=N/NC(=O)c2ccccc2F)cc1. The second kappa shape index (κ2) is 9.45. The first-order chi connectivity index (χ1) is 11.7. The Balaban J connectivity index is 1.84. The fraction of sp³-hybridized carbons (Fsp3) is 0.263. The van der Waals surface area contributed by atoms with E-state index in [0.29, 0.717) is 6.61 Å². The normalized spacial score (nSPS) is 10.8. The molecule has 5 heteroatoms. The Morgan fingerprint density at radius 3 is 2.62 bits per heavy atom. The number of carbonyl (C=O) groups excluding carboxylic acids is 1. The highest BCUT2D eigenvalue weighted by atomic mass is 19.1. The highest BCUT2D eigenvalue weighted by molar-refractivity contribution is 5.95. The van der Waals surface area contributed by atoms with E-state index < -0.39 is 11.7 Å². The number of carbonyl (C=O) groups is 1. The Morgan fingerprint density at radius 1 is 1.17 bits per heavy atom. The van der Waals surface area contributed by atoms with Crippen molar-refractivity contribution in [2.45, 2.75) is 26.2 Å². The molecule has 0 bridgehead atoms. The van der Waals surface area contributed by atoms with Gasteiger partial charge >= 0.3 is 0 Å². The van der Waals surface area contributed by atoms with Crippen LogP contribution in [-0.2, 0) is 0 Å². The number of benzene rings is 2. The topological polar surface area (TPSA) is 50.7 Å². The van der Waals surface area contributed by atoms with Crippen LogP contribution in [0, 0.1) is 5.82 Å². The first-order valence-electron chi connectivity index (χ1n) is 8.01. The minimum atomic E-state index is -0.583. The summed E-state index contributed by atoms with van der Waals surface area (Å²) in [7, 11) is 0. The summed E-state index contributed by atoms with van der Waals surface area (Å²) < 4.78 is 19.1. The molecule has 0 aliphatic carbocycles. The van der Waals surface area contributed by atoms with Crippen LogP contribution in [0.15, 0.2) is 53.6 Å². The van der Waals surface area contributed by atoms with E-state index in [2.05, 4.69) is 17.5 Å². The molecule has 24 heavy (non-hydrogen) atoms. The molecule has 0 aliphatic rings. The Kier molecular flexibility index (Phi) is 6.95. The highest BCUT2D eigenvalue weighted by Gasteiger charge is 2.08. The number of hydrogen-bond acceptors (Lipinski definition) is 3. The van der Waals surface area contributed by atoms with Gasteiger partial charge in [0, 0.05) is 0 Å². The third kappa shape index (κ3) is 5.50. The van der Waals surface area contributed by atoms with Gasteiger partial charge in [-0.3, -0.25) is 4.79 Å². The zero-order valence-electron chi connectivity index (χ0n) is 13.7. The van der Waals surface area contributed by atoms with Gasteiger partial charge in [0.05, 0.1) is 18.4 Å². The zero-order chi connectivity index (χ0) is 17.2. The van der Waals surface area contributed by atoms with E-state index in [1.807, 2.05) is 24.3 Å². The number of hydrazone groups is 1. The molecule has 4 nitrogen and oxygen atoms in total. The number of amides is 1. The first-order valence-corrected chi connectivity index (χ1v) is 8.01. The van der Waals surface area contributed by atoms with E-state index in [0.717, 1.165) is 30.6 Å². The molecule has 0 saturated carbocycles. The summed E-state index contributed by atoms with van der Waals surface area (Å²) in [6.45, 7) is 2.86. The van der Waals surface area contributed by atoms with Gasteiger partial charge in [0.15, 0.2) is 0 Å². The van der Waals surface area contributed by atoms with Crippen molar-refractivity contribution in [1.82, 2.24) is 5.43 Å². The van der Waals surface area contributed by atoms with Gasteiger partial charge < -0.3 is 4.74 Å². The number of unbranched alkanes of at least 4 members (excludes halogenated alkanes) is 2. The van der Waals surface area contributed by atoms with Crippen LogP contribution in [-0.4, -0.2) is 18.7 Å².